The molecule has 0 unspecified atom stereocenters. The Bertz CT molecular complexity index is 993. The SMILES string of the molecule is CCc1cc(-c2cc(NCc3cccnc3)nc3[nH]ccc23)ncn1. The van der Waals surface area contributed by atoms with Gasteiger partial charge in [0.15, 0.2) is 0 Å². The first-order valence-corrected chi connectivity index (χ1v) is 8.25. The lowest BCUT2D eigenvalue weighted by Gasteiger charge is -2.09. The van der Waals surface area contributed by atoms with E-state index in [-0.39, 0.29) is 0 Å². The van der Waals surface area contributed by atoms with Crippen LogP contribution in [0.5, 0.6) is 0 Å². The van der Waals surface area contributed by atoms with Crippen LogP contribution in [-0.2, 0) is 13.0 Å². The van der Waals surface area contributed by atoms with Gasteiger partial charge in [-0.15, -0.1) is 0 Å². The number of hydrogen-bond acceptors (Lipinski definition) is 5. The number of fused-ring (bicyclic) bond motifs is 1. The maximum absolute atomic E-state index is 4.65. The molecule has 6 heteroatoms. The van der Waals surface area contributed by atoms with Gasteiger partial charge in [-0.2, -0.15) is 0 Å². The van der Waals surface area contributed by atoms with Crippen molar-refractivity contribution in [2.24, 2.45) is 0 Å². The molecule has 0 saturated carbocycles. The Kier molecular flexibility index (Phi) is 4.08. The molecule has 0 amide bonds. The van der Waals surface area contributed by atoms with E-state index in [2.05, 4.69) is 37.2 Å². The molecule has 0 fully saturated rings. The van der Waals surface area contributed by atoms with Crippen molar-refractivity contribution in [2.45, 2.75) is 19.9 Å². The van der Waals surface area contributed by atoms with Crippen LogP contribution in [0.25, 0.3) is 22.3 Å². The molecule has 0 aromatic carbocycles. The van der Waals surface area contributed by atoms with Gasteiger partial charge >= 0.3 is 0 Å². The quantitative estimate of drug-likeness (QED) is 0.584. The molecule has 0 bridgehead atoms. The van der Waals surface area contributed by atoms with Crippen LogP contribution in [0, 0.1) is 0 Å². The van der Waals surface area contributed by atoms with E-state index in [0.29, 0.717) is 6.54 Å². The zero-order valence-corrected chi connectivity index (χ0v) is 13.9. The molecular weight excluding hydrogens is 312 g/mol. The monoisotopic (exact) mass is 330 g/mol. The van der Waals surface area contributed by atoms with E-state index < -0.39 is 0 Å². The molecule has 0 aliphatic carbocycles. The summed E-state index contributed by atoms with van der Waals surface area (Å²) in [7, 11) is 0. The largest absolute Gasteiger partial charge is 0.366 e. The minimum atomic E-state index is 0.663. The van der Waals surface area contributed by atoms with Crippen LogP contribution in [0.4, 0.5) is 5.82 Å². The number of aromatic nitrogens is 5. The summed E-state index contributed by atoms with van der Waals surface area (Å²) in [6.07, 6.45) is 8.01. The molecule has 4 rings (SSSR count). The third kappa shape index (κ3) is 3.19. The Labute approximate surface area is 145 Å². The number of anilines is 1. The van der Waals surface area contributed by atoms with E-state index in [1.165, 1.54) is 0 Å². The Morgan fingerprint density at radius 1 is 1.16 bits per heavy atom. The van der Waals surface area contributed by atoms with E-state index in [4.69, 9.17) is 0 Å². The van der Waals surface area contributed by atoms with E-state index in [1.54, 1.807) is 12.5 Å². The van der Waals surface area contributed by atoms with Crippen molar-refractivity contribution >= 4 is 16.9 Å². The molecule has 6 nitrogen and oxygen atoms in total. The molecule has 0 aliphatic rings. The van der Waals surface area contributed by atoms with E-state index >= 15 is 0 Å². The highest BCUT2D eigenvalue weighted by molar-refractivity contribution is 5.93. The predicted octanol–water partition coefficient (Wildman–Crippen LogP) is 3.59. The molecule has 4 heterocycles. The second kappa shape index (κ2) is 6.68. The molecule has 0 spiro atoms. The van der Waals surface area contributed by atoms with Crippen LogP contribution < -0.4 is 5.32 Å². The summed E-state index contributed by atoms with van der Waals surface area (Å²) in [5.41, 5.74) is 4.91. The van der Waals surface area contributed by atoms with Crippen molar-refractivity contribution in [3.63, 3.8) is 0 Å². The summed E-state index contributed by atoms with van der Waals surface area (Å²) in [5, 5.41) is 4.42. The molecular formula is C19H18N6. The Balaban J connectivity index is 1.72. The smallest absolute Gasteiger partial charge is 0.140 e. The first-order valence-electron chi connectivity index (χ1n) is 8.25. The highest BCUT2D eigenvalue weighted by atomic mass is 15.0. The van der Waals surface area contributed by atoms with E-state index in [1.807, 2.05) is 42.7 Å². The van der Waals surface area contributed by atoms with Crippen LogP contribution in [0.1, 0.15) is 18.2 Å². The molecule has 0 saturated heterocycles. The van der Waals surface area contributed by atoms with Gasteiger partial charge in [0.05, 0.1) is 5.69 Å². The van der Waals surface area contributed by atoms with Crippen molar-refractivity contribution < 1.29 is 0 Å². The van der Waals surface area contributed by atoms with Crippen molar-refractivity contribution in [1.82, 2.24) is 24.9 Å². The van der Waals surface area contributed by atoms with Gasteiger partial charge in [0.2, 0.25) is 0 Å². The van der Waals surface area contributed by atoms with Crippen LogP contribution in [-0.4, -0.2) is 24.9 Å². The van der Waals surface area contributed by atoms with Gasteiger partial charge in [-0.25, -0.2) is 15.0 Å². The maximum atomic E-state index is 4.65. The molecule has 0 aliphatic heterocycles. The van der Waals surface area contributed by atoms with Gasteiger partial charge in [-0.3, -0.25) is 4.98 Å². The van der Waals surface area contributed by atoms with E-state index in [0.717, 1.165) is 45.8 Å². The summed E-state index contributed by atoms with van der Waals surface area (Å²) in [6, 6.07) is 10.1. The third-order valence-corrected chi connectivity index (χ3v) is 4.09. The van der Waals surface area contributed by atoms with Crippen molar-refractivity contribution in [2.75, 3.05) is 5.32 Å². The molecule has 0 radical (unpaired) electrons. The molecule has 0 atom stereocenters. The van der Waals surface area contributed by atoms with Gasteiger partial charge in [-0.1, -0.05) is 13.0 Å². The number of aromatic amines is 1. The fourth-order valence-electron chi connectivity index (χ4n) is 2.77. The lowest BCUT2D eigenvalue weighted by atomic mass is 10.1. The lowest BCUT2D eigenvalue weighted by molar-refractivity contribution is 1.00. The topological polar surface area (TPSA) is 79.4 Å². The Morgan fingerprint density at radius 2 is 2.12 bits per heavy atom. The van der Waals surface area contributed by atoms with Crippen LogP contribution in [0.2, 0.25) is 0 Å². The Morgan fingerprint density at radius 3 is 2.96 bits per heavy atom. The fraction of sp³-hybridized carbons (Fsp3) is 0.158. The summed E-state index contributed by atoms with van der Waals surface area (Å²) in [4.78, 5) is 20.7. The Hall–Kier alpha value is -3.28. The van der Waals surface area contributed by atoms with Gasteiger partial charge in [-0.05, 0) is 36.2 Å². The maximum Gasteiger partial charge on any atom is 0.140 e. The standard InChI is InChI=1S/C19H18N6/c1-2-14-8-17(24-12-23-14)16-9-18(25-19-15(16)5-7-21-19)22-11-13-4-3-6-20-10-13/h3-10,12H,2,11H2,1H3,(H2,21,22,25). The average molecular weight is 330 g/mol. The van der Waals surface area contributed by atoms with Gasteiger partial charge in [0.1, 0.15) is 17.8 Å². The summed E-state index contributed by atoms with van der Waals surface area (Å²) < 4.78 is 0. The highest BCUT2D eigenvalue weighted by Crippen LogP contribution is 2.28. The number of H-pyrrole nitrogens is 1. The number of aryl methyl sites for hydroxylation is 1. The number of nitrogens with one attached hydrogen (secondary N) is 2. The van der Waals surface area contributed by atoms with Crippen LogP contribution in [0.3, 0.4) is 0 Å². The zero-order valence-electron chi connectivity index (χ0n) is 13.9. The normalized spacial score (nSPS) is 10.9. The number of pyridine rings is 2. The van der Waals surface area contributed by atoms with Crippen molar-refractivity contribution in [3.8, 4) is 11.3 Å². The lowest BCUT2D eigenvalue weighted by Crippen LogP contribution is -2.02. The molecule has 2 N–H and O–H groups in total. The van der Waals surface area contributed by atoms with E-state index in [9.17, 15) is 0 Å². The van der Waals surface area contributed by atoms with Crippen molar-refractivity contribution in [3.05, 3.63) is 66.5 Å². The summed E-state index contributed by atoms with van der Waals surface area (Å²) >= 11 is 0. The summed E-state index contributed by atoms with van der Waals surface area (Å²) in [6.45, 7) is 2.75. The predicted molar refractivity (Wildman–Crippen MR) is 98.1 cm³/mol. The fourth-order valence-corrected chi connectivity index (χ4v) is 2.77. The number of hydrogen-bond donors (Lipinski definition) is 2. The zero-order chi connectivity index (χ0) is 17.1. The molecule has 124 valence electrons. The number of rotatable bonds is 5. The van der Waals surface area contributed by atoms with Gasteiger partial charge < -0.3 is 10.3 Å². The minimum Gasteiger partial charge on any atom is -0.366 e. The first kappa shape index (κ1) is 15.3. The first-order chi connectivity index (χ1) is 12.3. The third-order valence-electron chi connectivity index (χ3n) is 4.09. The van der Waals surface area contributed by atoms with Crippen LogP contribution >= 0.6 is 0 Å². The highest BCUT2D eigenvalue weighted by Gasteiger charge is 2.11. The summed E-state index contributed by atoms with van der Waals surface area (Å²) in [5.74, 6) is 0.797. The van der Waals surface area contributed by atoms with Crippen molar-refractivity contribution in [1.29, 1.82) is 0 Å². The molecule has 4 aromatic rings. The minimum absolute atomic E-state index is 0.663. The number of nitrogens with zero attached hydrogens (tertiary/aromatic N) is 4. The van der Waals surface area contributed by atoms with Gasteiger partial charge in [0, 0.05) is 41.8 Å². The molecule has 25 heavy (non-hydrogen) atoms. The second-order valence-electron chi connectivity index (χ2n) is 5.76. The van der Waals surface area contributed by atoms with Crippen LogP contribution in [0.15, 0.2) is 55.2 Å². The molecule has 4 aromatic heterocycles. The second-order valence-corrected chi connectivity index (χ2v) is 5.76. The average Bonchev–Trinajstić information content (AvgIpc) is 3.15. The van der Waals surface area contributed by atoms with Gasteiger partial charge in [0.25, 0.3) is 0 Å².